The van der Waals surface area contributed by atoms with Crippen molar-refractivity contribution in [2.45, 2.75) is 57.7 Å². The zero-order valence-corrected chi connectivity index (χ0v) is 21.2. The van der Waals surface area contributed by atoms with E-state index < -0.39 is 11.6 Å². The Morgan fingerprint density at radius 3 is 2.36 bits per heavy atom. The molecule has 0 bridgehead atoms. The van der Waals surface area contributed by atoms with Crippen molar-refractivity contribution in [1.82, 2.24) is 15.2 Å². The van der Waals surface area contributed by atoms with Gasteiger partial charge in [-0.05, 0) is 50.5 Å². The second kappa shape index (κ2) is 10.5. The highest BCUT2D eigenvalue weighted by Gasteiger charge is 2.34. The highest BCUT2D eigenvalue weighted by atomic mass is 16.2. The fourth-order valence-corrected chi connectivity index (χ4v) is 4.87. The maximum Gasteiger partial charge on any atom is 0.245 e. The van der Waals surface area contributed by atoms with Crippen LogP contribution in [0.5, 0.6) is 0 Å². The minimum absolute atomic E-state index is 0.0126. The molecule has 1 aliphatic rings. The summed E-state index contributed by atoms with van der Waals surface area (Å²) in [6.07, 6.45) is 3.57. The lowest BCUT2D eigenvalue weighted by atomic mass is 9.98. The molecule has 2 heterocycles. The van der Waals surface area contributed by atoms with Crippen molar-refractivity contribution >= 4 is 34.3 Å². The van der Waals surface area contributed by atoms with E-state index >= 15 is 0 Å². The normalized spacial score (nSPS) is 15.5. The van der Waals surface area contributed by atoms with E-state index in [2.05, 4.69) is 10.3 Å². The van der Waals surface area contributed by atoms with Crippen LogP contribution < -0.4 is 16.0 Å². The number of carbonyl (C=O) groups excluding carboxylic acids is 3. The predicted octanol–water partition coefficient (Wildman–Crippen LogP) is 2.98. The van der Waals surface area contributed by atoms with E-state index in [4.69, 9.17) is 5.73 Å². The fourth-order valence-electron chi connectivity index (χ4n) is 4.87. The molecular weight excluding hydrogens is 454 g/mol. The summed E-state index contributed by atoms with van der Waals surface area (Å²) in [6.45, 7) is 5.84. The van der Waals surface area contributed by atoms with Gasteiger partial charge in [0.05, 0.1) is 5.54 Å². The van der Waals surface area contributed by atoms with Crippen molar-refractivity contribution < 1.29 is 14.4 Å². The first-order valence-corrected chi connectivity index (χ1v) is 12.4. The molecule has 1 saturated heterocycles. The van der Waals surface area contributed by atoms with Crippen LogP contribution in [0.2, 0.25) is 0 Å². The topological polar surface area (TPSA) is 112 Å². The molecule has 4 N–H and O–H groups in total. The molecular formula is C28H35N5O3. The summed E-state index contributed by atoms with van der Waals surface area (Å²) in [4.78, 5) is 45.8. The van der Waals surface area contributed by atoms with Gasteiger partial charge in [-0.1, -0.05) is 36.4 Å². The molecule has 3 amide bonds. The van der Waals surface area contributed by atoms with Crippen LogP contribution in [0.3, 0.4) is 0 Å². The first kappa shape index (κ1) is 25.4. The van der Waals surface area contributed by atoms with Gasteiger partial charge in [0.15, 0.2) is 0 Å². The fraction of sp³-hybridized carbons (Fsp3) is 0.393. The number of carbonyl (C=O) groups is 3. The van der Waals surface area contributed by atoms with E-state index in [0.29, 0.717) is 32.4 Å². The van der Waals surface area contributed by atoms with E-state index in [1.54, 1.807) is 25.7 Å². The maximum absolute atomic E-state index is 13.7. The molecule has 2 aromatic carbocycles. The molecule has 1 aromatic heterocycles. The molecule has 0 spiro atoms. The zero-order valence-electron chi connectivity index (χ0n) is 21.2. The first-order chi connectivity index (χ1) is 17.1. The van der Waals surface area contributed by atoms with E-state index in [0.717, 1.165) is 22.2 Å². The molecule has 0 saturated carbocycles. The molecule has 36 heavy (non-hydrogen) atoms. The number of para-hydroxylation sites is 2. The Hall–Kier alpha value is -3.65. The molecule has 190 valence electrons. The van der Waals surface area contributed by atoms with Crippen LogP contribution in [0.25, 0.3) is 10.9 Å². The van der Waals surface area contributed by atoms with Gasteiger partial charge >= 0.3 is 0 Å². The number of H-pyrrole nitrogens is 1. The van der Waals surface area contributed by atoms with Gasteiger partial charge in [0, 0.05) is 55.3 Å². The Morgan fingerprint density at radius 2 is 1.72 bits per heavy atom. The third-order valence-electron chi connectivity index (χ3n) is 6.80. The summed E-state index contributed by atoms with van der Waals surface area (Å²) in [6, 6.07) is 16.8. The van der Waals surface area contributed by atoms with E-state index in [-0.39, 0.29) is 23.8 Å². The molecule has 4 rings (SSSR count). The van der Waals surface area contributed by atoms with Crippen molar-refractivity contribution in [3.8, 4) is 0 Å². The molecule has 8 heteroatoms. The lowest BCUT2D eigenvalue weighted by Crippen LogP contribution is -2.58. The Kier molecular flexibility index (Phi) is 7.45. The van der Waals surface area contributed by atoms with Gasteiger partial charge in [-0.25, -0.2) is 0 Å². The van der Waals surface area contributed by atoms with Crippen LogP contribution in [0.4, 0.5) is 5.69 Å². The van der Waals surface area contributed by atoms with Crippen LogP contribution in [0.1, 0.15) is 39.2 Å². The third-order valence-corrected chi connectivity index (χ3v) is 6.80. The number of aromatic amines is 1. The molecule has 1 atom stereocenters. The lowest BCUT2D eigenvalue weighted by Gasteiger charge is -2.39. The van der Waals surface area contributed by atoms with Crippen molar-refractivity contribution in [3.05, 3.63) is 66.4 Å². The number of piperidine rings is 1. The summed E-state index contributed by atoms with van der Waals surface area (Å²) in [7, 11) is 0. The average molecular weight is 490 g/mol. The summed E-state index contributed by atoms with van der Waals surface area (Å²) in [5.41, 5.74) is 7.72. The number of nitrogens with two attached hydrogens (primary N) is 1. The van der Waals surface area contributed by atoms with Crippen molar-refractivity contribution in [3.63, 3.8) is 0 Å². The summed E-state index contributed by atoms with van der Waals surface area (Å²) >= 11 is 0. The molecule has 1 aliphatic heterocycles. The van der Waals surface area contributed by atoms with E-state index in [1.807, 2.05) is 65.7 Å². The summed E-state index contributed by atoms with van der Waals surface area (Å²) in [5.74, 6) is -0.520. The first-order valence-electron chi connectivity index (χ1n) is 12.4. The van der Waals surface area contributed by atoms with Gasteiger partial charge in [-0.15, -0.1) is 0 Å². The highest BCUT2D eigenvalue weighted by molar-refractivity contribution is 5.93. The Morgan fingerprint density at radius 1 is 1.08 bits per heavy atom. The smallest absolute Gasteiger partial charge is 0.245 e. The number of nitrogens with zero attached hydrogens (tertiary/aromatic N) is 2. The van der Waals surface area contributed by atoms with Gasteiger partial charge in [0.25, 0.3) is 0 Å². The SMILES string of the molecule is CC(=O)N(c1ccccc1)C1CCN(C(=O)[C@@H](Cc2c[nH]c3ccccc23)NC(=O)C(C)(C)N)CC1. The number of benzene rings is 2. The lowest BCUT2D eigenvalue weighted by molar-refractivity contribution is -0.138. The molecule has 8 nitrogen and oxygen atoms in total. The minimum atomic E-state index is -1.11. The van der Waals surface area contributed by atoms with Crippen molar-refractivity contribution in [2.24, 2.45) is 5.73 Å². The van der Waals surface area contributed by atoms with Gasteiger partial charge in [0.1, 0.15) is 6.04 Å². The third kappa shape index (κ3) is 5.60. The number of likely N-dealkylation sites (tertiary alicyclic amines) is 1. The van der Waals surface area contributed by atoms with Crippen molar-refractivity contribution in [1.29, 1.82) is 0 Å². The van der Waals surface area contributed by atoms with Crippen LogP contribution in [-0.2, 0) is 20.8 Å². The molecule has 0 radical (unpaired) electrons. The number of amides is 3. The number of hydrogen-bond acceptors (Lipinski definition) is 4. The second-order valence-electron chi connectivity index (χ2n) is 10.1. The number of hydrogen-bond donors (Lipinski definition) is 3. The molecule has 0 unspecified atom stereocenters. The number of nitrogens with one attached hydrogen (secondary N) is 2. The number of aromatic nitrogens is 1. The summed E-state index contributed by atoms with van der Waals surface area (Å²) in [5, 5.41) is 3.92. The number of fused-ring (bicyclic) bond motifs is 1. The number of rotatable bonds is 7. The summed E-state index contributed by atoms with van der Waals surface area (Å²) < 4.78 is 0. The quantitative estimate of drug-likeness (QED) is 0.474. The standard InChI is InChI=1S/C28H35N5O3/c1-19(34)33(21-9-5-4-6-10-21)22-13-15-32(16-14-22)26(35)25(31-27(36)28(2,3)29)17-20-18-30-24-12-8-7-11-23(20)24/h4-12,18,22,25,30H,13-17,29H2,1-3H3,(H,31,36)/t25-/m1/s1. The molecule has 1 fully saturated rings. The second-order valence-corrected chi connectivity index (χ2v) is 10.1. The largest absolute Gasteiger partial charge is 0.361 e. The maximum atomic E-state index is 13.7. The van der Waals surface area contributed by atoms with Crippen LogP contribution in [-0.4, -0.2) is 58.3 Å². The number of anilines is 1. The van der Waals surface area contributed by atoms with Crippen LogP contribution in [0, 0.1) is 0 Å². The zero-order chi connectivity index (χ0) is 25.9. The minimum Gasteiger partial charge on any atom is -0.361 e. The Labute approximate surface area is 211 Å². The average Bonchev–Trinajstić information content (AvgIpc) is 3.26. The van der Waals surface area contributed by atoms with Crippen molar-refractivity contribution in [2.75, 3.05) is 18.0 Å². The van der Waals surface area contributed by atoms with Crippen LogP contribution in [0.15, 0.2) is 60.8 Å². The van der Waals surface area contributed by atoms with Gasteiger partial charge in [-0.2, -0.15) is 0 Å². The van der Waals surface area contributed by atoms with E-state index in [9.17, 15) is 14.4 Å². The molecule has 3 aromatic rings. The van der Waals surface area contributed by atoms with Gasteiger partial charge in [0.2, 0.25) is 17.7 Å². The predicted molar refractivity (Wildman–Crippen MR) is 141 cm³/mol. The van der Waals surface area contributed by atoms with Crippen LogP contribution >= 0.6 is 0 Å². The van der Waals surface area contributed by atoms with E-state index in [1.165, 1.54) is 0 Å². The van der Waals surface area contributed by atoms with Gasteiger partial charge < -0.3 is 25.8 Å². The highest BCUT2D eigenvalue weighted by Crippen LogP contribution is 2.25. The molecule has 0 aliphatic carbocycles. The Bertz CT molecular complexity index is 1220. The van der Waals surface area contributed by atoms with Gasteiger partial charge in [-0.3, -0.25) is 14.4 Å². The Balaban J connectivity index is 1.50. The monoisotopic (exact) mass is 489 g/mol.